The number of carbonyl (C=O) groups excluding carboxylic acids is 5. The van der Waals surface area contributed by atoms with Crippen molar-refractivity contribution in [2.24, 2.45) is 34.2 Å². The Bertz CT molecular complexity index is 2500. The van der Waals surface area contributed by atoms with E-state index in [1.807, 2.05) is 0 Å². The minimum absolute atomic E-state index is 0.00547. The first-order chi connectivity index (χ1) is 40.4. The molecule has 85 heavy (non-hydrogen) atoms. The molecule has 4 fully saturated rings. The molecule has 0 bridgehead atoms. The number of aliphatic hydroxyl groups excluding tert-OH is 5. The SMILES string of the molecule is CNc1c(CCCOCCOCCOCCC(=O)N2CCCC2C(=O)C[C@H](CC(=O)O)C(=O)N[C@H](C(=O)C[C@H](CCCN=C(N)N)C(=O)N2CCCC2C(=O)O)C(C)O[C@H]2OC(CO)[C@H](O)[C@H](O[C@@H]3OC(CF)[C@H](O)[C@H](O)C3O)C2C)c(=O)c1=O. The molecule has 4 saturated heterocycles. The van der Waals surface area contributed by atoms with Crippen LogP contribution in [-0.2, 0) is 73.1 Å². The summed E-state index contributed by atoms with van der Waals surface area (Å²) >= 11 is 0. The molecule has 0 aliphatic carbocycles. The highest BCUT2D eigenvalue weighted by Gasteiger charge is 2.51. The van der Waals surface area contributed by atoms with E-state index in [4.69, 9.17) is 44.6 Å². The van der Waals surface area contributed by atoms with Crippen LogP contribution in [0.15, 0.2) is 14.6 Å². The fraction of sp³-hybridized carbons (Fsp3) is 0.778. The number of likely N-dealkylation sites (tertiary alicyclic amines) is 2. The summed E-state index contributed by atoms with van der Waals surface area (Å²) < 4.78 is 53.9. The van der Waals surface area contributed by atoms with Gasteiger partial charge in [0.1, 0.15) is 55.4 Å². The number of aliphatic carboxylic acids is 2. The number of hydrogen-bond donors (Lipinski definition) is 11. The van der Waals surface area contributed by atoms with E-state index in [-0.39, 0.29) is 90.7 Å². The highest BCUT2D eigenvalue weighted by Crippen LogP contribution is 2.35. The summed E-state index contributed by atoms with van der Waals surface area (Å²) in [5.41, 5.74) is 10.8. The number of hydrogen-bond acceptors (Lipinski definition) is 23. The van der Waals surface area contributed by atoms with Crippen LogP contribution in [0.4, 0.5) is 10.1 Å². The van der Waals surface area contributed by atoms with Crippen molar-refractivity contribution in [2.45, 2.75) is 170 Å². The molecule has 5 rings (SSSR count). The smallest absolute Gasteiger partial charge is 0.326 e. The zero-order valence-electron chi connectivity index (χ0n) is 48.0. The molecule has 0 saturated carbocycles. The summed E-state index contributed by atoms with van der Waals surface area (Å²) in [6.45, 7) is 1.88. The minimum Gasteiger partial charge on any atom is -0.481 e. The van der Waals surface area contributed by atoms with Gasteiger partial charge in [-0.05, 0) is 58.3 Å². The Balaban J connectivity index is 1.27. The van der Waals surface area contributed by atoms with E-state index < -0.39 is 182 Å². The molecule has 30 nitrogen and oxygen atoms in total. The number of halogens is 1. The van der Waals surface area contributed by atoms with Crippen LogP contribution < -0.4 is 33.0 Å². The predicted molar refractivity (Wildman–Crippen MR) is 293 cm³/mol. The quantitative estimate of drug-likeness (QED) is 0.0132. The van der Waals surface area contributed by atoms with E-state index in [0.29, 0.717) is 43.5 Å². The molecule has 4 aliphatic heterocycles. The lowest BCUT2D eigenvalue weighted by Gasteiger charge is -2.47. The Morgan fingerprint density at radius 1 is 0.776 bits per heavy atom. The van der Waals surface area contributed by atoms with E-state index in [9.17, 15) is 83.3 Å². The monoisotopic (exact) mass is 1220 g/mol. The molecule has 0 radical (unpaired) electrons. The molecular weight excluding hydrogens is 1130 g/mol. The molecule has 13 N–H and O–H groups in total. The predicted octanol–water partition coefficient (Wildman–Crippen LogP) is -3.79. The number of carbonyl (C=O) groups is 7. The van der Waals surface area contributed by atoms with Crippen molar-refractivity contribution in [3.8, 4) is 0 Å². The number of carboxylic acid groups (broad SMARTS) is 2. The first kappa shape index (κ1) is 70.1. The van der Waals surface area contributed by atoms with Crippen LogP contribution in [0.3, 0.4) is 0 Å². The van der Waals surface area contributed by atoms with Gasteiger partial charge in [-0.25, -0.2) is 9.18 Å². The maximum atomic E-state index is 14.9. The standard InChI is InChI=1S/C54H84FN7O23/c1-27-48(85-53-47(74)46(73)43(70)36(25-55)83-53)44(71)37(26-63)84-52(27)82-28(2)40(35(65)22-29(8-4-13-59-54(56)57)50(76)62-15-6-11-33(62)51(77)78)60-49(75)30(24-39(67)68)23-34(64)32-10-5-14-61(32)38(66)12-17-80-19-21-81-20-18-79-16-7-9-31-41(58-3)45(72)42(31)69/h27-30,32-33,36-37,40,43-44,46-48,52-53,58,63,70-71,73-74H,4-26H2,1-3H3,(H,60,75)(H,67,68)(H,77,78)(H4,56,57,59)/t27?,28?,29-,30+,32?,33?,36?,37?,40-,43-,44-,46-,47?,48+,52-,53-/m0/s1. The largest absolute Gasteiger partial charge is 0.481 e. The molecule has 31 heteroatoms. The number of nitrogens with two attached hydrogens (primary N) is 2. The van der Waals surface area contributed by atoms with Gasteiger partial charge >= 0.3 is 11.9 Å². The van der Waals surface area contributed by atoms with Gasteiger partial charge in [-0.1, -0.05) is 6.92 Å². The highest BCUT2D eigenvalue weighted by atomic mass is 19.1. The van der Waals surface area contributed by atoms with Gasteiger partial charge in [-0.2, -0.15) is 0 Å². The van der Waals surface area contributed by atoms with Crippen molar-refractivity contribution in [3.05, 3.63) is 26.0 Å². The fourth-order valence-electron chi connectivity index (χ4n) is 11.0. The van der Waals surface area contributed by atoms with Crippen molar-refractivity contribution >= 4 is 52.9 Å². The number of Topliss-reactive ketones (excluding diaryl/α,β-unsaturated/α-hetero) is 2. The van der Waals surface area contributed by atoms with E-state index in [1.54, 1.807) is 7.05 Å². The molecule has 4 heterocycles. The summed E-state index contributed by atoms with van der Waals surface area (Å²) in [4.78, 5) is 125. The molecule has 1 aromatic carbocycles. The molecule has 0 spiro atoms. The van der Waals surface area contributed by atoms with Crippen LogP contribution >= 0.6 is 0 Å². The summed E-state index contributed by atoms with van der Waals surface area (Å²) in [5, 5.41) is 78.3. The number of nitrogens with zero attached hydrogens (tertiary/aromatic N) is 3. The maximum absolute atomic E-state index is 14.9. The Labute approximate surface area is 489 Å². The third-order valence-corrected chi connectivity index (χ3v) is 15.7. The van der Waals surface area contributed by atoms with Crippen molar-refractivity contribution in [2.75, 3.05) is 84.9 Å². The van der Waals surface area contributed by atoms with Gasteiger partial charge in [0, 0.05) is 63.5 Å². The molecule has 7 unspecified atom stereocenters. The molecule has 4 aliphatic rings. The van der Waals surface area contributed by atoms with Crippen LogP contribution in [0.2, 0.25) is 0 Å². The van der Waals surface area contributed by atoms with Gasteiger partial charge in [0.15, 0.2) is 30.1 Å². The van der Waals surface area contributed by atoms with Gasteiger partial charge in [-0.15, -0.1) is 0 Å². The van der Waals surface area contributed by atoms with E-state index in [0.717, 1.165) is 4.90 Å². The minimum atomic E-state index is -1.97. The van der Waals surface area contributed by atoms with Crippen LogP contribution in [0.25, 0.3) is 0 Å². The second kappa shape index (κ2) is 34.0. The lowest BCUT2D eigenvalue weighted by Crippen LogP contribution is -2.63. The highest BCUT2D eigenvalue weighted by molar-refractivity contribution is 5.97. The van der Waals surface area contributed by atoms with Crippen molar-refractivity contribution < 1.29 is 107 Å². The van der Waals surface area contributed by atoms with E-state index >= 15 is 0 Å². The van der Waals surface area contributed by atoms with Gasteiger partial charge in [0.25, 0.3) is 0 Å². The summed E-state index contributed by atoms with van der Waals surface area (Å²) in [6.07, 6.45) is -17.5. The number of anilines is 1. The number of carboxylic acids is 2. The number of ketones is 2. The molecule has 3 amide bonds. The van der Waals surface area contributed by atoms with Gasteiger partial charge in [0.05, 0.1) is 82.3 Å². The average molecular weight is 1220 g/mol. The topological polar surface area (TPSA) is 455 Å². The number of aliphatic hydroxyl groups is 5. The number of aliphatic imine (C=N–C) groups is 1. The molecule has 16 atom stereocenters. The Hall–Kier alpha value is -5.71. The molecule has 0 aromatic heterocycles. The number of ether oxygens (including phenoxy) is 7. The zero-order chi connectivity index (χ0) is 62.7. The number of alkyl halides is 1. The van der Waals surface area contributed by atoms with Crippen LogP contribution in [0.5, 0.6) is 0 Å². The lowest BCUT2D eigenvalue weighted by atomic mass is 9.89. The summed E-state index contributed by atoms with van der Waals surface area (Å²) in [6, 6.07) is -4.07. The lowest BCUT2D eigenvalue weighted by molar-refractivity contribution is -0.353. The second-order valence-corrected chi connectivity index (χ2v) is 21.7. The zero-order valence-corrected chi connectivity index (χ0v) is 48.0. The van der Waals surface area contributed by atoms with Crippen molar-refractivity contribution in [1.29, 1.82) is 0 Å². The van der Waals surface area contributed by atoms with Crippen LogP contribution in [0.1, 0.15) is 90.0 Å². The molecule has 1 aromatic rings. The molecular formula is C54H84FN7O23. The van der Waals surface area contributed by atoms with Crippen molar-refractivity contribution in [1.82, 2.24) is 15.1 Å². The van der Waals surface area contributed by atoms with Crippen LogP contribution in [-0.4, -0.2) is 252 Å². The maximum Gasteiger partial charge on any atom is 0.326 e. The molecule has 480 valence electrons. The first-order valence-electron chi connectivity index (χ1n) is 28.7. The summed E-state index contributed by atoms with van der Waals surface area (Å²) in [7, 11) is 1.57. The number of guanidine groups is 1. The van der Waals surface area contributed by atoms with Crippen molar-refractivity contribution in [3.63, 3.8) is 0 Å². The summed E-state index contributed by atoms with van der Waals surface area (Å²) in [5.74, 6) is -10.9. The normalized spacial score (nSPS) is 27.4. The Morgan fingerprint density at radius 3 is 2.04 bits per heavy atom. The van der Waals surface area contributed by atoms with E-state index in [2.05, 4.69) is 15.6 Å². The number of amides is 3. The van der Waals surface area contributed by atoms with Gasteiger partial charge in [-0.3, -0.25) is 43.3 Å². The van der Waals surface area contributed by atoms with Gasteiger partial charge in [0.2, 0.25) is 28.6 Å². The number of nitrogens with one attached hydrogen (secondary N) is 2. The third-order valence-electron chi connectivity index (χ3n) is 15.7. The average Bonchev–Trinajstić information content (AvgIpc) is 2.87. The number of rotatable bonds is 37. The fourth-order valence-corrected chi connectivity index (χ4v) is 11.0. The third kappa shape index (κ3) is 19.1. The van der Waals surface area contributed by atoms with Gasteiger partial charge < -0.3 is 101 Å². The van der Waals surface area contributed by atoms with Crippen LogP contribution in [0, 0.1) is 17.8 Å². The first-order valence-corrected chi connectivity index (χ1v) is 28.7. The Morgan fingerprint density at radius 2 is 1.41 bits per heavy atom. The second-order valence-electron chi connectivity index (χ2n) is 21.7. The Kier molecular flexibility index (Phi) is 28.0. The van der Waals surface area contributed by atoms with E-state index in [1.165, 1.54) is 18.7 Å².